The van der Waals surface area contributed by atoms with Gasteiger partial charge >= 0.3 is 0 Å². The number of amides is 1. The monoisotopic (exact) mass is 313 g/mol. The molecule has 0 bridgehead atoms. The number of sulfonamides is 1. The SMILES string of the molecule is O=C1c2ccccc2CS(=O)(=O)N1CC=Cc1ccccc1. The molecule has 0 aliphatic carbocycles. The van der Waals surface area contributed by atoms with E-state index in [9.17, 15) is 13.2 Å². The zero-order valence-electron chi connectivity index (χ0n) is 11.8. The highest BCUT2D eigenvalue weighted by molar-refractivity contribution is 7.89. The molecule has 5 heteroatoms. The number of nitrogens with zero attached hydrogens (tertiary/aromatic N) is 1. The summed E-state index contributed by atoms with van der Waals surface area (Å²) in [7, 11) is -3.61. The predicted molar refractivity (Wildman–Crippen MR) is 85.6 cm³/mol. The summed E-state index contributed by atoms with van der Waals surface area (Å²) < 4.78 is 25.5. The fourth-order valence-electron chi connectivity index (χ4n) is 2.44. The summed E-state index contributed by atoms with van der Waals surface area (Å²) >= 11 is 0. The molecule has 0 aromatic heterocycles. The van der Waals surface area contributed by atoms with Crippen molar-refractivity contribution in [1.82, 2.24) is 4.31 Å². The highest BCUT2D eigenvalue weighted by Gasteiger charge is 2.34. The van der Waals surface area contributed by atoms with E-state index < -0.39 is 15.9 Å². The highest BCUT2D eigenvalue weighted by Crippen LogP contribution is 2.24. The van der Waals surface area contributed by atoms with Crippen LogP contribution in [0.15, 0.2) is 60.7 Å². The van der Waals surface area contributed by atoms with Gasteiger partial charge < -0.3 is 0 Å². The lowest BCUT2D eigenvalue weighted by atomic mass is 10.1. The smallest absolute Gasteiger partial charge is 0.267 e. The standard InChI is InChI=1S/C17H15NO3S/c19-17-16-11-5-4-10-15(16)13-22(20,21)18(17)12-6-9-14-7-2-1-3-8-14/h1-11H,12-13H2. The maximum atomic E-state index is 12.4. The first-order valence-corrected chi connectivity index (χ1v) is 8.53. The second-order valence-corrected chi connectivity index (χ2v) is 6.96. The Kier molecular flexibility index (Phi) is 3.81. The van der Waals surface area contributed by atoms with Crippen LogP contribution >= 0.6 is 0 Å². The Morgan fingerprint density at radius 2 is 1.68 bits per heavy atom. The molecule has 22 heavy (non-hydrogen) atoms. The molecular weight excluding hydrogens is 298 g/mol. The molecule has 0 atom stereocenters. The maximum absolute atomic E-state index is 12.4. The first-order valence-electron chi connectivity index (χ1n) is 6.92. The van der Waals surface area contributed by atoms with E-state index >= 15 is 0 Å². The van der Waals surface area contributed by atoms with Gasteiger partial charge in [0.2, 0.25) is 10.0 Å². The lowest BCUT2D eigenvalue weighted by Crippen LogP contribution is -2.41. The molecule has 1 aliphatic heterocycles. The summed E-state index contributed by atoms with van der Waals surface area (Å²) in [5.74, 6) is -0.590. The van der Waals surface area contributed by atoms with Crippen LogP contribution in [0.1, 0.15) is 21.5 Å². The molecule has 1 heterocycles. The van der Waals surface area contributed by atoms with Crippen molar-refractivity contribution >= 4 is 22.0 Å². The molecule has 1 aliphatic rings. The lowest BCUT2D eigenvalue weighted by Gasteiger charge is -2.27. The van der Waals surface area contributed by atoms with E-state index in [4.69, 9.17) is 0 Å². The van der Waals surface area contributed by atoms with Gasteiger partial charge in [0.15, 0.2) is 0 Å². The number of rotatable bonds is 3. The molecular formula is C17H15NO3S. The van der Waals surface area contributed by atoms with Crippen molar-refractivity contribution in [3.8, 4) is 0 Å². The third kappa shape index (κ3) is 2.80. The van der Waals surface area contributed by atoms with Crippen molar-refractivity contribution in [2.24, 2.45) is 0 Å². The van der Waals surface area contributed by atoms with E-state index in [-0.39, 0.29) is 12.3 Å². The van der Waals surface area contributed by atoms with Crippen LogP contribution in [0.4, 0.5) is 0 Å². The van der Waals surface area contributed by atoms with Crippen LogP contribution in [-0.2, 0) is 15.8 Å². The zero-order valence-corrected chi connectivity index (χ0v) is 12.7. The summed E-state index contributed by atoms with van der Waals surface area (Å²) in [5.41, 5.74) is 1.99. The van der Waals surface area contributed by atoms with Gasteiger partial charge in [-0.1, -0.05) is 60.7 Å². The molecule has 2 aromatic rings. The third-order valence-electron chi connectivity index (χ3n) is 3.53. The van der Waals surface area contributed by atoms with E-state index in [0.717, 1.165) is 9.87 Å². The quantitative estimate of drug-likeness (QED) is 0.875. The minimum Gasteiger partial charge on any atom is -0.268 e. The summed E-state index contributed by atoms with van der Waals surface area (Å²) in [6.45, 7) is 0.0460. The van der Waals surface area contributed by atoms with Gasteiger partial charge in [-0.25, -0.2) is 12.7 Å². The van der Waals surface area contributed by atoms with Gasteiger partial charge in [-0.15, -0.1) is 0 Å². The Morgan fingerprint density at radius 1 is 1.00 bits per heavy atom. The number of carbonyl (C=O) groups is 1. The molecule has 4 nitrogen and oxygen atoms in total. The molecule has 0 spiro atoms. The van der Waals surface area contributed by atoms with Crippen molar-refractivity contribution < 1.29 is 13.2 Å². The average molecular weight is 313 g/mol. The van der Waals surface area contributed by atoms with Crippen LogP contribution in [0, 0.1) is 0 Å². The Bertz CT molecular complexity index is 826. The van der Waals surface area contributed by atoms with Gasteiger partial charge in [-0.05, 0) is 17.2 Å². The summed E-state index contributed by atoms with van der Waals surface area (Å²) in [4.78, 5) is 12.4. The molecule has 1 amide bonds. The van der Waals surface area contributed by atoms with Crippen molar-refractivity contribution in [1.29, 1.82) is 0 Å². The third-order valence-corrected chi connectivity index (χ3v) is 5.19. The van der Waals surface area contributed by atoms with Crippen LogP contribution in [0.5, 0.6) is 0 Å². The number of hydrogen-bond acceptors (Lipinski definition) is 3. The Balaban J connectivity index is 1.84. The van der Waals surface area contributed by atoms with Crippen LogP contribution in [0.3, 0.4) is 0 Å². The molecule has 3 rings (SSSR count). The molecule has 0 N–H and O–H groups in total. The summed E-state index contributed by atoms with van der Waals surface area (Å²) in [6, 6.07) is 16.4. The van der Waals surface area contributed by atoms with E-state index in [1.165, 1.54) is 0 Å². The lowest BCUT2D eigenvalue weighted by molar-refractivity contribution is 0.0866. The molecule has 0 fully saturated rings. The predicted octanol–water partition coefficient (Wildman–Crippen LogP) is 2.69. The second kappa shape index (κ2) is 5.77. The number of hydrogen-bond donors (Lipinski definition) is 0. The van der Waals surface area contributed by atoms with Gasteiger partial charge in [0.05, 0.1) is 12.3 Å². The van der Waals surface area contributed by atoms with Gasteiger partial charge in [0.25, 0.3) is 5.91 Å². The first kappa shape index (κ1) is 14.5. The van der Waals surface area contributed by atoms with E-state index in [0.29, 0.717) is 11.1 Å². The number of fused-ring (bicyclic) bond motifs is 1. The molecule has 112 valence electrons. The molecule has 0 saturated heterocycles. The Hall–Kier alpha value is -2.40. The maximum Gasteiger partial charge on any atom is 0.267 e. The van der Waals surface area contributed by atoms with Crippen LogP contribution in [0.25, 0.3) is 6.08 Å². The Labute approximate surface area is 129 Å². The van der Waals surface area contributed by atoms with Gasteiger partial charge in [-0.3, -0.25) is 4.79 Å². The minimum absolute atomic E-state index is 0.0460. The van der Waals surface area contributed by atoms with Crippen molar-refractivity contribution in [3.63, 3.8) is 0 Å². The van der Waals surface area contributed by atoms with Crippen molar-refractivity contribution in [3.05, 3.63) is 77.4 Å². The molecule has 0 radical (unpaired) electrons. The summed E-state index contributed by atoms with van der Waals surface area (Å²) in [6.07, 6.45) is 3.50. The van der Waals surface area contributed by atoms with E-state index in [1.54, 1.807) is 30.3 Å². The van der Waals surface area contributed by atoms with E-state index in [2.05, 4.69) is 0 Å². The Morgan fingerprint density at radius 3 is 2.45 bits per heavy atom. The van der Waals surface area contributed by atoms with Crippen LogP contribution in [0.2, 0.25) is 0 Å². The van der Waals surface area contributed by atoms with Gasteiger partial charge in [0, 0.05) is 5.56 Å². The van der Waals surface area contributed by atoms with Gasteiger partial charge in [0.1, 0.15) is 0 Å². The minimum atomic E-state index is -3.61. The van der Waals surface area contributed by atoms with Crippen LogP contribution in [-0.4, -0.2) is 25.2 Å². The van der Waals surface area contributed by atoms with Crippen LogP contribution < -0.4 is 0 Å². The largest absolute Gasteiger partial charge is 0.268 e. The van der Waals surface area contributed by atoms with Crippen molar-refractivity contribution in [2.45, 2.75) is 5.75 Å². The number of benzene rings is 2. The average Bonchev–Trinajstić information content (AvgIpc) is 2.51. The van der Waals surface area contributed by atoms with Gasteiger partial charge in [-0.2, -0.15) is 0 Å². The normalized spacial score (nSPS) is 16.7. The van der Waals surface area contributed by atoms with E-state index in [1.807, 2.05) is 36.4 Å². The molecule has 0 saturated carbocycles. The first-order chi connectivity index (χ1) is 10.6. The van der Waals surface area contributed by atoms with Crippen molar-refractivity contribution in [2.75, 3.05) is 6.54 Å². The zero-order chi connectivity index (χ0) is 15.6. The molecule has 2 aromatic carbocycles. The topological polar surface area (TPSA) is 54.5 Å². The fourth-order valence-corrected chi connectivity index (χ4v) is 3.90. The molecule has 0 unspecified atom stereocenters. The number of carbonyl (C=O) groups excluding carboxylic acids is 1. The fraction of sp³-hybridized carbons (Fsp3) is 0.118. The second-order valence-electron chi connectivity index (χ2n) is 5.06. The summed E-state index contributed by atoms with van der Waals surface area (Å²) in [5, 5.41) is 0. The highest BCUT2D eigenvalue weighted by atomic mass is 32.2.